The van der Waals surface area contributed by atoms with Gasteiger partial charge in [-0.3, -0.25) is 4.79 Å². The summed E-state index contributed by atoms with van der Waals surface area (Å²) in [5, 5.41) is 0. The van der Waals surface area contributed by atoms with E-state index in [0.717, 1.165) is 32.1 Å². The minimum atomic E-state index is -0.552. The highest BCUT2D eigenvalue weighted by atomic mass is 16.7. The molecule has 158 valence electrons. The van der Waals surface area contributed by atoms with Gasteiger partial charge < -0.3 is 14.2 Å². The Hall–Kier alpha value is -0.610. The molecule has 0 radical (unpaired) electrons. The Kier molecular flexibility index (Phi) is 8.61. The van der Waals surface area contributed by atoms with Crippen LogP contribution in [0, 0.1) is 10.8 Å². The van der Waals surface area contributed by atoms with Crippen LogP contribution in [0.4, 0.5) is 0 Å². The molecule has 0 bridgehead atoms. The number of esters is 1. The number of hydrogen-bond donors (Lipinski definition) is 0. The molecular weight excluding hydrogens is 340 g/mol. The molecule has 1 atom stereocenters. The lowest BCUT2D eigenvalue weighted by Gasteiger charge is -2.44. The maximum absolute atomic E-state index is 12.3. The van der Waals surface area contributed by atoms with Crippen molar-refractivity contribution < 1.29 is 19.0 Å². The van der Waals surface area contributed by atoms with Crippen LogP contribution in [0.5, 0.6) is 0 Å². The van der Waals surface area contributed by atoms with Crippen molar-refractivity contribution in [3.8, 4) is 0 Å². The fourth-order valence-corrected chi connectivity index (χ4v) is 4.85. The number of ether oxygens (including phenoxy) is 3. The van der Waals surface area contributed by atoms with E-state index in [2.05, 4.69) is 13.8 Å². The lowest BCUT2D eigenvalue weighted by molar-refractivity contribution is -0.258. The van der Waals surface area contributed by atoms with Gasteiger partial charge in [0.15, 0.2) is 6.29 Å². The first-order valence-electron chi connectivity index (χ1n) is 11.2. The molecule has 2 aliphatic rings. The van der Waals surface area contributed by atoms with Gasteiger partial charge in [0.1, 0.15) is 0 Å². The molecule has 0 aromatic carbocycles. The van der Waals surface area contributed by atoms with Gasteiger partial charge in [-0.15, -0.1) is 0 Å². The van der Waals surface area contributed by atoms with Gasteiger partial charge in [0.2, 0.25) is 0 Å². The van der Waals surface area contributed by atoms with Crippen molar-refractivity contribution in [2.45, 2.75) is 123 Å². The molecule has 0 heterocycles. The summed E-state index contributed by atoms with van der Waals surface area (Å²) in [6, 6.07) is 0. The fourth-order valence-electron chi connectivity index (χ4n) is 4.85. The SMILES string of the molecule is CCC(C)(CC(C)(C)C(=O)OC)C(OC1CCCCC1)OC1CCCCC1. The summed E-state index contributed by atoms with van der Waals surface area (Å²) < 4.78 is 18.3. The lowest BCUT2D eigenvalue weighted by Crippen LogP contribution is -2.46. The molecule has 2 fully saturated rings. The second-order valence-electron chi connectivity index (χ2n) is 9.68. The number of carbonyl (C=O) groups excluding carboxylic acids is 1. The molecule has 4 heteroatoms. The maximum atomic E-state index is 12.3. The van der Waals surface area contributed by atoms with Gasteiger partial charge in [-0.25, -0.2) is 0 Å². The normalized spacial score (nSPS) is 22.6. The van der Waals surface area contributed by atoms with Crippen molar-refractivity contribution >= 4 is 5.97 Å². The van der Waals surface area contributed by atoms with Gasteiger partial charge in [0.05, 0.1) is 24.7 Å². The summed E-state index contributed by atoms with van der Waals surface area (Å²) in [4.78, 5) is 12.3. The van der Waals surface area contributed by atoms with E-state index in [1.807, 2.05) is 13.8 Å². The Morgan fingerprint density at radius 3 is 1.70 bits per heavy atom. The summed E-state index contributed by atoms with van der Waals surface area (Å²) >= 11 is 0. The van der Waals surface area contributed by atoms with Crippen LogP contribution in [0.2, 0.25) is 0 Å². The zero-order chi connectivity index (χ0) is 19.9. The molecule has 0 amide bonds. The second kappa shape index (κ2) is 10.2. The van der Waals surface area contributed by atoms with E-state index in [-0.39, 0.29) is 17.7 Å². The van der Waals surface area contributed by atoms with Crippen molar-refractivity contribution in [1.29, 1.82) is 0 Å². The third kappa shape index (κ3) is 6.45. The predicted octanol–water partition coefficient (Wildman–Crippen LogP) is 6.02. The van der Waals surface area contributed by atoms with E-state index in [1.54, 1.807) is 0 Å². The first kappa shape index (κ1) is 22.7. The fraction of sp³-hybridized carbons (Fsp3) is 0.957. The molecule has 0 N–H and O–H groups in total. The first-order chi connectivity index (χ1) is 12.8. The van der Waals surface area contributed by atoms with Crippen LogP contribution in [0.1, 0.15) is 105 Å². The monoisotopic (exact) mass is 382 g/mol. The molecule has 0 aromatic rings. The summed E-state index contributed by atoms with van der Waals surface area (Å²) in [7, 11) is 1.47. The van der Waals surface area contributed by atoms with Crippen LogP contribution in [-0.4, -0.2) is 31.6 Å². The molecule has 0 spiro atoms. The zero-order valence-corrected chi connectivity index (χ0v) is 18.4. The highest BCUT2D eigenvalue weighted by molar-refractivity contribution is 5.75. The Labute approximate surface area is 166 Å². The van der Waals surface area contributed by atoms with Crippen LogP contribution < -0.4 is 0 Å². The van der Waals surface area contributed by atoms with E-state index in [0.29, 0.717) is 18.6 Å². The number of carbonyl (C=O) groups is 1. The number of methoxy groups -OCH3 is 1. The standard InChI is InChI=1S/C23H42O4/c1-6-23(4,17-22(2,3)20(24)25-5)21(26-18-13-9-7-10-14-18)27-19-15-11-8-12-16-19/h18-19,21H,6-17H2,1-5H3. The second-order valence-corrected chi connectivity index (χ2v) is 9.68. The van der Waals surface area contributed by atoms with Crippen LogP contribution in [0.25, 0.3) is 0 Å². The van der Waals surface area contributed by atoms with Gasteiger partial charge in [-0.05, 0) is 52.4 Å². The third-order valence-corrected chi connectivity index (χ3v) is 6.70. The van der Waals surface area contributed by atoms with E-state index in [9.17, 15) is 4.79 Å². The predicted molar refractivity (Wildman–Crippen MR) is 109 cm³/mol. The first-order valence-corrected chi connectivity index (χ1v) is 11.2. The average Bonchev–Trinajstić information content (AvgIpc) is 2.68. The molecule has 2 saturated carbocycles. The van der Waals surface area contributed by atoms with Crippen molar-refractivity contribution in [3.63, 3.8) is 0 Å². The van der Waals surface area contributed by atoms with E-state index in [1.165, 1.54) is 45.6 Å². The topological polar surface area (TPSA) is 44.8 Å². The van der Waals surface area contributed by atoms with Gasteiger partial charge in [0, 0.05) is 5.41 Å². The Morgan fingerprint density at radius 1 is 0.889 bits per heavy atom. The molecule has 0 saturated heterocycles. The van der Waals surface area contributed by atoms with Crippen molar-refractivity contribution in [2.75, 3.05) is 7.11 Å². The summed E-state index contributed by atoms with van der Waals surface area (Å²) in [5.41, 5.74) is -0.768. The minimum absolute atomic E-state index is 0.156. The summed E-state index contributed by atoms with van der Waals surface area (Å²) in [6.07, 6.45) is 14.1. The molecule has 27 heavy (non-hydrogen) atoms. The number of rotatable bonds is 9. The summed E-state index contributed by atoms with van der Waals surface area (Å²) in [5.74, 6) is -0.156. The smallest absolute Gasteiger partial charge is 0.311 e. The molecule has 4 nitrogen and oxygen atoms in total. The third-order valence-electron chi connectivity index (χ3n) is 6.70. The van der Waals surface area contributed by atoms with Gasteiger partial charge in [0.25, 0.3) is 0 Å². The average molecular weight is 383 g/mol. The highest BCUT2D eigenvalue weighted by Crippen LogP contribution is 2.43. The maximum Gasteiger partial charge on any atom is 0.311 e. The van der Waals surface area contributed by atoms with Crippen molar-refractivity contribution in [3.05, 3.63) is 0 Å². The van der Waals surface area contributed by atoms with Gasteiger partial charge in [-0.1, -0.05) is 52.4 Å². The lowest BCUT2D eigenvalue weighted by atomic mass is 9.71. The van der Waals surface area contributed by atoms with Crippen molar-refractivity contribution in [1.82, 2.24) is 0 Å². The number of hydrogen-bond acceptors (Lipinski definition) is 4. The summed E-state index contributed by atoms with van der Waals surface area (Å²) in [6.45, 7) is 8.37. The molecular formula is C23H42O4. The Morgan fingerprint density at radius 2 is 1.33 bits per heavy atom. The largest absolute Gasteiger partial charge is 0.469 e. The zero-order valence-electron chi connectivity index (χ0n) is 18.4. The minimum Gasteiger partial charge on any atom is -0.469 e. The van der Waals surface area contributed by atoms with Crippen LogP contribution >= 0.6 is 0 Å². The van der Waals surface area contributed by atoms with Crippen LogP contribution in [0.15, 0.2) is 0 Å². The van der Waals surface area contributed by atoms with E-state index >= 15 is 0 Å². The molecule has 0 aliphatic heterocycles. The molecule has 1 unspecified atom stereocenters. The Balaban J connectivity index is 2.16. The highest BCUT2D eigenvalue weighted by Gasteiger charge is 2.44. The van der Waals surface area contributed by atoms with Crippen LogP contribution in [-0.2, 0) is 19.0 Å². The van der Waals surface area contributed by atoms with E-state index in [4.69, 9.17) is 14.2 Å². The molecule has 0 aromatic heterocycles. The van der Waals surface area contributed by atoms with Crippen LogP contribution in [0.3, 0.4) is 0 Å². The van der Waals surface area contributed by atoms with Crippen molar-refractivity contribution in [2.24, 2.45) is 10.8 Å². The van der Waals surface area contributed by atoms with Gasteiger partial charge >= 0.3 is 5.97 Å². The molecule has 2 rings (SSSR count). The van der Waals surface area contributed by atoms with Gasteiger partial charge in [-0.2, -0.15) is 0 Å². The molecule has 2 aliphatic carbocycles. The quantitative estimate of drug-likeness (QED) is 0.361. The Bertz CT molecular complexity index is 429. The van der Waals surface area contributed by atoms with E-state index < -0.39 is 5.41 Å².